The van der Waals surface area contributed by atoms with E-state index in [-0.39, 0.29) is 11.9 Å². The molecule has 146 valence electrons. The van der Waals surface area contributed by atoms with Gasteiger partial charge in [0, 0.05) is 31.2 Å². The molecular formula is C21H21N7O. The topological polar surface area (TPSA) is 81.7 Å². The van der Waals surface area contributed by atoms with E-state index >= 15 is 0 Å². The molecule has 1 saturated heterocycles. The lowest BCUT2D eigenvalue weighted by Gasteiger charge is -2.39. The van der Waals surface area contributed by atoms with Crippen molar-refractivity contribution in [1.82, 2.24) is 34.2 Å². The number of aryl methyl sites for hydroxylation is 2. The van der Waals surface area contributed by atoms with Crippen LogP contribution in [0.4, 0.5) is 0 Å². The van der Waals surface area contributed by atoms with Crippen LogP contribution < -0.4 is 0 Å². The maximum absolute atomic E-state index is 12.8. The number of nitrogens with zero attached hydrogens (tertiary/aromatic N) is 7. The first kappa shape index (κ1) is 17.5. The van der Waals surface area contributed by atoms with Gasteiger partial charge in [0.2, 0.25) is 0 Å². The summed E-state index contributed by atoms with van der Waals surface area (Å²) in [6, 6.07) is 9.92. The molecule has 5 rings (SSSR count). The van der Waals surface area contributed by atoms with Crippen LogP contribution in [0.15, 0.2) is 49.1 Å². The Kier molecular flexibility index (Phi) is 4.12. The van der Waals surface area contributed by atoms with E-state index in [1.807, 2.05) is 52.3 Å². The molecule has 0 atom stereocenters. The number of aromatic nitrogens is 6. The second-order valence-corrected chi connectivity index (χ2v) is 7.50. The molecule has 0 radical (unpaired) electrons. The second kappa shape index (κ2) is 6.80. The fourth-order valence-corrected chi connectivity index (χ4v) is 3.82. The van der Waals surface area contributed by atoms with Gasteiger partial charge in [-0.3, -0.25) is 14.5 Å². The first-order valence-corrected chi connectivity index (χ1v) is 9.61. The first-order chi connectivity index (χ1) is 14.1. The van der Waals surface area contributed by atoms with Crippen LogP contribution in [0.5, 0.6) is 0 Å². The number of pyridine rings is 2. The molecule has 5 heterocycles. The lowest BCUT2D eigenvalue weighted by atomic mass is 10.1. The Balaban J connectivity index is 1.31. The standard InChI is InChI=1S/C21H21N7O/c1-14-7-15(2)28(25-14)18-11-26(12-18)21(29)16-8-19-20(23-9-16)27(13-24-19)10-17-5-3-4-6-22-17/h3-9,13,18H,10-12H2,1-2H3. The maximum atomic E-state index is 12.8. The summed E-state index contributed by atoms with van der Waals surface area (Å²) >= 11 is 0. The van der Waals surface area contributed by atoms with Gasteiger partial charge >= 0.3 is 0 Å². The average Bonchev–Trinajstić information content (AvgIpc) is 3.23. The third kappa shape index (κ3) is 3.16. The van der Waals surface area contributed by atoms with Crippen molar-refractivity contribution in [2.75, 3.05) is 13.1 Å². The molecule has 1 aliphatic heterocycles. The van der Waals surface area contributed by atoms with Crippen LogP contribution in [0.2, 0.25) is 0 Å². The summed E-state index contributed by atoms with van der Waals surface area (Å²) in [7, 11) is 0. The van der Waals surface area contributed by atoms with E-state index in [1.54, 1.807) is 18.7 Å². The summed E-state index contributed by atoms with van der Waals surface area (Å²) in [5.41, 5.74) is 5.08. The minimum Gasteiger partial charge on any atom is -0.334 e. The van der Waals surface area contributed by atoms with E-state index in [1.165, 1.54) is 0 Å². The predicted molar refractivity (Wildman–Crippen MR) is 108 cm³/mol. The first-order valence-electron chi connectivity index (χ1n) is 9.61. The van der Waals surface area contributed by atoms with Crippen molar-refractivity contribution in [3.05, 3.63) is 71.7 Å². The lowest BCUT2D eigenvalue weighted by Crippen LogP contribution is -2.51. The summed E-state index contributed by atoms with van der Waals surface area (Å²) < 4.78 is 3.95. The summed E-state index contributed by atoms with van der Waals surface area (Å²) in [6.07, 6.45) is 5.14. The van der Waals surface area contributed by atoms with Crippen molar-refractivity contribution in [1.29, 1.82) is 0 Å². The summed E-state index contributed by atoms with van der Waals surface area (Å²) in [5.74, 6) is -0.0172. The molecule has 0 aromatic carbocycles. The Bertz CT molecular complexity index is 1190. The Morgan fingerprint density at radius 1 is 1.14 bits per heavy atom. The van der Waals surface area contributed by atoms with E-state index in [9.17, 15) is 4.79 Å². The highest BCUT2D eigenvalue weighted by atomic mass is 16.2. The number of carbonyl (C=O) groups excluding carboxylic acids is 1. The molecule has 29 heavy (non-hydrogen) atoms. The number of fused-ring (bicyclic) bond motifs is 1. The highest BCUT2D eigenvalue weighted by Crippen LogP contribution is 2.25. The van der Waals surface area contributed by atoms with Gasteiger partial charge in [-0.25, -0.2) is 9.97 Å². The van der Waals surface area contributed by atoms with Crippen LogP contribution in [0, 0.1) is 13.8 Å². The van der Waals surface area contributed by atoms with Crippen molar-refractivity contribution in [3.8, 4) is 0 Å². The quantitative estimate of drug-likeness (QED) is 0.537. The molecular weight excluding hydrogens is 366 g/mol. The normalized spacial score (nSPS) is 14.3. The van der Waals surface area contributed by atoms with Gasteiger partial charge in [0.05, 0.1) is 35.9 Å². The molecule has 1 aliphatic rings. The highest BCUT2D eigenvalue weighted by molar-refractivity contribution is 5.96. The third-order valence-corrected chi connectivity index (χ3v) is 5.30. The SMILES string of the molecule is Cc1cc(C)n(C2CN(C(=O)c3cnc4c(c3)ncn4Cc3ccccn3)C2)n1. The van der Waals surface area contributed by atoms with Crippen molar-refractivity contribution < 1.29 is 4.79 Å². The van der Waals surface area contributed by atoms with E-state index in [4.69, 9.17) is 0 Å². The van der Waals surface area contributed by atoms with Gasteiger partial charge in [-0.05, 0) is 38.1 Å². The maximum Gasteiger partial charge on any atom is 0.255 e. The van der Waals surface area contributed by atoms with Gasteiger partial charge in [0.1, 0.15) is 5.52 Å². The van der Waals surface area contributed by atoms with Crippen LogP contribution >= 0.6 is 0 Å². The van der Waals surface area contributed by atoms with Crippen LogP contribution in [-0.2, 0) is 6.54 Å². The van der Waals surface area contributed by atoms with Gasteiger partial charge in [-0.2, -0.15) is 5.10 Å². The van der Waals surface area contributed by atoms with E-state index in [0.717, 1.165) is 22.7 Å². The molecule has 0 unspecified atom stereocenters. The number of rotatable bonds is 4. The fraction of sp³-hybridized carbons (Fsp3) is 0.286. The molecule has 0 spiro atoms. The summed E-state index contributed by atoms with van der Waals surface area (Å²) in [4.78, 5) is 27.9. The van der Waals surface area contributed by atoms with Gasteiger partial charge < -0.3 is 9.47 Å². The zero-order chi connectivity index (χ0) is 20.0. The van der Waals surface area contributed by atoms with Crippen molar-refractivity contribution >= 4 is 17.1 Å². The zero-order valence-corrected chi connectivity index (χ0v) is 16.4. The highest BCUT2D eigenvalue weighted by Gasteiger charge is 2.34. The van der Waals surface area contributed by atoms with Crippen LogP contribution in [0.1, 0.15) is 33.5 Å². The molecule has 8 heteroatoms. The van der Waals surface area contributed by atoms with Gasteiger partial charge in [0.25, 0.3) is 5.91 Å². The largest absolute Gasteiger partial charge is 0.334 e. The number of imidazole rings is 1. The Labute approximate surface area is 167 Å². The lowest BCUT2D eigenvalue weighted by molar-refractivity contribution is 0.0497. The minimum absolute atomic E-state index is 0.0172. The molecule has 0 N–H and O–H groups in total. The molecule has 8 nitrogen and oxygen atoms in total. The Morgan fingerprint density at radius 2 is 2.00 bits per heavy atom. The number of carbonyl (C=O) groups is 1. The van der Waals surface area contributed by atoms with Crippen molar-refractivity contribution in [3.63, 3.8) is 0 Å². The Hall–Kier alpha value is -3.55. The Morgan fingerprint density at radius 3 is 2.72 bits per heavy atom. The zero-order valence-electron chi connectivity index (χ0n) is 16.4. The second-order valence-electron chi connectivity index (χ2n) is 7.50. The molecule has 1 fully saturated rings. The molecule has 0 bridgehead atoms. The van der Waals surface area contributed by atoms with Crippen LogP contribution in [0.25, 0.3) is 11.2 Å². The van der Waals surface area contributed by atoms with Crippen LogP contribution in [0.3, 0.4) is 0 Å². The van der Waals surface area contributed by atoms with Gasteiger partial charge in [-0.1, -0.05) is 6.07 Å². The average molecular weight is 387 g/mol. The molecule has 0 saturated carbocycles. The van der Waals surface area contributed by atoms with Crippen LogP contribution in [-0.4, -0.2) is 53.2 Å². The number of likely N-dealkylation sites (tertiary alicyclic amines) is 1. The number of hydrogen-bond acceptors (Lipinski definition) is 5. The van der Waals surface area contributed by atoms with E-state index in [0.29, 0.717) is 30.7 Å². The summed E-state index contributed by atoms with van der Waals surface area (Å²) in [6.45, 7) is 5.94. The van der Waals surface area contributed by atoms with E-state index < -0.39 is 0 Å². The van der Waals surface area contributed by atoms with Crippen molar-refractivity contribution in [2.24, 2.45) is 0 Å². The summed E-state index contributed by atoms with van der Waals surface area (Å²) in [5, 5.41) is 4.53. The number of hydrogen-bond donors (Lipinski definition) is 0. The smallest absolute Gasteiger partial charge is 0.255 e. The van der Waals surface area contributed by atoms with Crippen molar-refractivity contribution in [2.45, 2.75) is 26.4 Å². The van der Waals surface area contributed by atoms with Gasteiger partial charge in [0.15, 0.2) is 5.65 Å². The molecule has 0 aliphatic carbocycles. The molecule has 4 aromatic heterocycles. The molecule has 1 amide bonds. The third-order valence-electron chi connectivity index (χ3n) is 5.30. The van der Waals surface area contributed by atoms with E-state index in [2.05, 4.69) is 26.1 Å². The predicted octanol–water partition coefficient (Wildman–Crippen LogP) is 2.39. The number of amides is 1. The van der Waals surface area contributed by atoms with Gasteiger partial charge in [-0.15, -0.1) is 0 Å². The fourth-order valence-electron chi connectivity index (χ4n) is 3.82. The molecule has 4 aromatic rings. The minimum atomic E-state index is -0.0172. The monoisotopic (exact) mass is 387 g/mol.